The monoisotopic (exact) mass is 204 g/mol. The van der Waals surface area contributed by atoms with Crippen molar-refractivity contribution in [1.82, 2.24) is 4.90 Å². The molecule has 1 aliphatic heterocycles. The summed E-state index contributed by atoms with van der Waals surface area (Å²) in [5.74, 6) is 0.825. The highest BCUT2D eigenvalue weighted by Crippen LogP contribution is 2.30. The summed E-state index contributed by atoms with van der Waals surface area (Å²) in [6.45, 7) is 4.19. The zero-order valence-corrected chi connectivity index (χ0v) is 8.81. The van der Waals surface area contributed by atoms with Crippen molar-refractivity contribution in [2.45, 2.75) is 12.8 Å². The average Bonchev–Trinajstić information content (AvgIpc) is 2.87. The van der Waals surface area contributed by atoms with Gasteiger partial charge in [0.1, 0.15) is 0 Å². The topological polar surface area (TPSA) is 24.8 Å². The first kappa shape index (κ1) is 10.8. The zero-order valence-electron chi connectivity index (χ0n) is 8.05. The summed E-state index contributed by atoms with van der Waals surface area (Å²) in [4.78, 5) is 15.2. The standard InChI is InChI=1S/C9H16N2O.ClH/c1-10-4-6-11(7-5-10)9(12)8-2-3-8;/h8H,2-7H2,1H3;1H. The number of nitrogens with one attached hydrogen (secondary N) is 1. The first-order valence-electron chi connectivity index (χ1n) is 4.87. The maximum absolute atomic E-state index is 11.6. The molecule has 0 bridgehead atoms. The van der Waals surface area contributed by atoms with Gasteiger partial charge in [0.2, 0.25) is 5.91 Å². The van der Waals surface area contributed by atoms with Crippen LogP contribution in [0.2, 0.25) is 0 Å². The number of halogens is 1. The Morgan fingerprint density at radius 2 is 1.85 bits per heavy atom. The Balaban J connectivity index is 0.000000845. The molecule has 1 amide bonds. The maximum atomic E-state index is 11.6. The number of rotatable bonds is 1. The predicted octanol–water partition coefficient (Wildman–Crippen LogP) is -4.24. The van der Waals surface area contributed by atoms with Crippen molar-refractivity contribution in [3.63, 3.8) is 0 Å². The Bertz CT molecular complexity index is 186. The number of amides is 1. The quantitative estimate of drug-likeness (QED) is 0.460. The molecular weight excluding hydrogens is 188 g/mol. The Labute approximate surface area is 85.5 Å². The molecule has 1 aliphatic carbocycles. The molecule has 4 heteroatoms. The van der Waals surface area contributed by atoms with E-state index < -0.39 is 0 Å². The van der Waals surface area contributed by atoms with Crippen LogP contribution in [0.1, 0.15) is 12.8 Å². The number of carbonyl (C=O) groups is 1. The van der Waals surface area contributed by atoms with E-state index in [-0.39, 0.29) is 12.4 Å². The number of nitrogens with zero attached hydrogens (tertiary/aromatic N) is 1. The molecule has 2 fully saturated rings. The van der Waals surface area contributed by atoms with Gasteiger partial charge in [-0.05, 0) is 12.8 Å². The second-order valence-electron chi connectivity index (χ2n) is 4.06. The summed E-state index contributed by atoms with van der Waals surface area (Å²) in [5.41, 5.74) is 0. The molecule has 0 atom stereocenters. The Morgan fingerprint density at radius 1 is 1.31 bits per heavy atom. The van der Waals surface area contributed by atoms with Crippen LogP contribution in [-0.4, -0.2) is 44.0 Å². The van der Waals surface area contributed by atoms with E-state index in [1.165, 1.54) is 0 Å². The minimum Gasteiger partial charge on any atom is -1.00 e. The van der Waals surface area contributed by atoms with Crippen molar-refractivity contribution in [2.24, 2.45) is 5.92 Å². The third-order valence-corrected chi connectivity index (χ3v) is 2.86. The Hall–Kier alpha value is -0.280. The lowest BCUT2D eigenvalue weighted by Crippen LogP contribution is -3.12. The largest absolute Gasteiger partial charge is 1.00 e. The number of hydrogen-bond donors (Lipinski definition) is 1. The zero-order chi connectivity index (χ0) is 8.55. The van der Waals surface area contributed by atoms with Crippen LogP contribution in [0.5, 0.6) is 0 Å². The number of quaternary nitrogens is 1. The van der Waals surface area contributed by atoms with E-state index in [9.17, 15) is 4.79 Å². The van der Waals surface area contributed by atoms with Gasteiger partial charge in [0.05, 0.1) is 33.2 Å². The molecule has 13 heavy (non-hydrogen) atoms. The van der Waals surface area contributed by atoms with E-state index in [4.69, 9.17) is 0 Å². The molecule has 1 saturated heterocycles. The van der Waals surface area contributed by atoms with Crippen LogP contribution in [0.25, 0.3) is 0 Å². The summed E-state index contributed by atoms with van der Waals surface area (Å²) in [7, 11) is 2.19. The summed E-state index contributed by atoms with van der Waals surface area (Å²) >= 11 is 0. The number of hydrogen-bond acceptors (Lipinski definition) is 1. The summed E-state index contributed by atoms with van der Waals surface area (Å²) in [5, 5.41) is 0. The third kappa shape index (κ3) is 2.58. The van der Waals surface area contributed by atoms with E-state index in [1.807, 2.05) is 4.90 Å². The number of likely N-dealkylation sites (N-methyl/N-ethyl adjacent to an activating group) is 1. The van der Waals surface area contributed by atoms with E-state index in [0.717, 1.165) is 39.0 Å². The van der Waals surface area contributed by atoms with E-state index >= 15 is 0 Å². The molecule has 0 unspecified atom stereocenters. The van der Waals surface area contributed by atoms with Gasteiger partial charge < -0.3 is 22.2 Å². The minimum absolute atomic E-state index is 0. The molecule has 0 aromatic heterocycles. The first-order valence-corrected chi connectivity index (χ1v) is 4.87. The SMILES string of the molecule is C[NH+]1CCN(C(=O)C2CC2)CC1.[Cl-]. The molecule has 1 saturated carbocycles. The van der Waals surface area contributed by atoms with Gasteiger partial charge in [-0.2, -0.15) is 0 Å². The number of carbonyl (C=O) groups excluding carboxylic acids is 1. The fourth-order valence-corrected chi connectivity index (χ4v) is 1.70. The Kier molecular flexibility index (Phi) is 3.56. The second-order valence-corrected chi connectivity index (χ2v) is 4.06. The van der Waals surface area contributed by atoms with Gasteiger partial charge >= 0.3 is 0 Å². The molecule has 3 nitrogen and oxygen atoms in total. The fourth-order valence-electron chi connectivity index (χ4n) is 1.70. The molecule has 76 valence electrons. The smallest absolute Gasteiger partial charge is 0.226 e. The van der Waals surface area contributed by atoms with Crippen molar-refractivity contribution in [2.75, 3.05) is 33.2 Å². The van der Waals surface area contributed by atoms with Crippen LogP contribution in [-0.2, 0) is 4.79 Å². The molecule has 0 aromatic rings. The molecule has 2 rings (SSSR count). The van der Waals surface area contributed by atoms with Crippen LogP contribution in [0.4, 0.5) is 0 Å². The third-order valence-electron chi connectivity index (χ3n) is 2.86. The van der Waals surface area contributed by atoms with E-state index in [1.54, 1.807) is 4.90 Å². The summed E-state index contributed by atoms with van der Waals surface area (Å²) in [6.07, 6.45) is 2.27. The average molecular weight is 205 g/mol. The summed E-state index contributed by atoms with van der Waals surface area (Å²) in [6, 6.07) is 0. The fraction of sp³-hybridized carbons (Fsp3) is 0.889. The van der Waals surface area contributed by atoms with Crippen molar-refractivity contribution >= 4 is 5.91 Å². The second kappa shape index (κ2) is 4.29. The lowest BCUT2D eigenvalue weighted by molar-refractivity contribution is -0.883. The molecule has 0 spiro atoms. The van der Waals surface area contributed by atoms with Crippen LogP contribution in [0, 0.1) is 5.92 Å². The molecule has 0 aromatic carbocycles. The van der Waals surface area contributed by atoms with Crippen LogP contribution in [0.3, 0.4) is 0 Å². The molecule has 0 radical (unpaired) electrons. The molecular formula is C9H17ClN2O. The highest BCUT2D eigenvalue weighted by atomic mass is 35.5. The minimum atomic E-state index is 0. The van der Waals surface area contributed by atoms with Gasteiger partial charge in [-0.1, -0.05) is 0 Å². The van der Waals surface area contributed by atoms with Crippen molar-refractivity contribution in [3.8, 4) is 0 Å². The predicted molar refractivity (Wildman–Crippen MR) is 45.9 cm³/mol. The molecule has 1 heterocycles. The highest BCUT2D eigenvalue weighted by molar-refractivity contribution is 5.81. The highest BCUT2D eigenvalue weighted by Gasteiger charge is 2.34. The lowest BCUT2D eigenvalue weighted by atomic mass is 10.3. The van der Waals surface area contributed by atoms with Crippen LogP contribution in [0.15, 0.2) is 0 Å². The van der Waals surface area contributed by atoms with Gasteiger partial charge in [-0.15, -0.1) is 0 Å². The van der Waals surface area contributed by atoms with Crippen LogP contribution >= 0.6 is 0 Å². The van der Waals surface area contributed by atoms with Gasteiger partial charge in [0.25, 0.3) is 0 Å². The van der Waals surface area contributed by atoms with Crippen LogP contribution < -0.4 is 17.3 Å². The molecule has 1 N–H and O–H groups in total. The van der Waals surface area contributed by atoms with E-state index in [0.29, 0.717) is 11.8 Å². The maximum Gasteiger partial charge on any atom is 0.226 e. The van der Waals surface area contributed by atoms with Gasteiger partial charge in [0.15, 0.2) is 0 Å². The van der Waals surface area contributed by atoms with Gasteiger partial charge in [-0.3, -0.25) is 4.79 Å². The lowest BCUT2D eigenvalue weighted by Gasteiger charge is -2.30. The normalized spacial score (nSPS) is 23.9. The number of piperazine rings is 1. The van der Waals surface area contributed by atoms with Crippen molar-refractivity contribution in [3.05, 3.63) is 0 Å². The summed E-state index contributed by atoms with van der Waals surface area (Å²) < 4.78 is 0. The van der Waals surface area contributed by atoms with Crippen molar-refractivity contribution in [1.29, 1.82) is 0 Å². The Morgan fingerprint density at radius 3 is 2.31 bits per heavy atom. The van der Waals surface area contributed by atoms with Gasteiger partial charge in [-0.25, -0.2) is 0 Å². The first-order chi connectivity index (χ1) is 5.77. The van der Waals surface area contributed by atoms with E-state index in [2.05, 4.69) is 7.05 Å². The van der Waals surface area contributed by atoms with Crippen molar-refractivity contribution < 1.29 is 22.1 Å². The van der Waals surface area contributed by atoms with Gasteiger partial charge in [0, 0.05) is 5.92 Å². The molecule has 2 aliphatic rings.